The van der Waals surface area contributed by atoms with E-state index in [1.54, 1.807) is 24.3 Å². The number of aliphatic hydroxyl groups excluding tert-OH is 1. The minimum Gasteiger partial charge on any atom is -0.491 e. The number of hydrogen-bond donors (Lipinski definition) is 1. The van der Waals surface area contributed by atoms with E-state index in [9.17, 15) is 10.1 Å². The summed E-state index contributed by atoms with van der Waals surface area (Å²) in [6.07, 6.45) is 3.21. The van der Waals surface area contributed by atoms with Gasteiger partial charge in [0.05, 0.1) is 6.61 Å². The SMILES string of the molecule is O=[N+]([O-])[C-]=Cc1ccc(OCCO)cc1. The summed E-state index contributed by atoms with van der Waals surface area (Å²) in [5, 5.41) is 18.5. The van der Waals surface area contributed by atoms with Crippen LogP contribution in [0.25, 0.3) is 6.08 Å². The van der Waals surface area contributed by atoms with E-state index in [0.717, 1.165) is 0 Å². The Morgan fingerprint density at radius 1 is 1.47 bits per heavy atom. The molecule has 1 rings (SSSR count). The third-order valence-corrected chi connectivity index (χ3v) is 1.58. The van der Waals surface area contributed by atoms with Gasteiger partial charge in [-0.25, -0.2) is 0 Å². The molecule has 1 aromatic carbocycles. The molecule has 0 spiro atoms. The molecule has 0 radical (unpaired) electrons. The van der Waals surface area contributed by atoms with E-state index in [0.29, 0.717) is 11.3 Å². The molecule has 1 aromatic rings. The van der Waals surface area contributed by atoms with Crippen molar-refractivity contribution in [2.75, 3.05) is 13.2 Å². The fraction of sp³-hybridized carbons (Fsp3) is 0.200. The van der Waals surface area contributed by atoms with Gasteiger partial charge in [0.25, 0.3) is 0 Å². The van der Waals surface area contributed by atoms with E-state index in [4.69, 9.17) is 9.84 Å². The first-order valence-electron chi connectivity index (χ1n) is 4.30. The van der Waals surface area contributed by atoms with Gasteiger partial charge in [-0.2, -0.15) is 11.6 Å². The van der Waals surface area contributed by atoms with Crippen molar-refractivity contribution in [2.24, 2.45) is 0 Å². The highest BCUT2D eigenvalue weighted by atomic mass is 16.6. The Hall–Kier alpha value is -1.88. The Kier molecular flexibility index (Phi) is 4.30. The lowest BCUT2D eigenvalue weighted by atomic mass is 10.2. The van der Waals surface area contributed by atoms with Gasteiger partial charge in [0.15, 0.2) is 0 Å². The number of ether oxygens (including phenoxy) is 1. The van der Waals surface area contributed by atoms with Crippen LogP contribution in [0.5, 0.6) is 5.75 Å². The van der Waals surface area contributed by atoms with Crippen LogP contribution in [-0.2, 0) is 0 Å². The van der Waals surface area contributed by atoms with Crippen LogP contribution in [0.15, 0.2) is 24.3 Å². The minimum atomic E-state index is -0.643. The van der Waals surface area contributed by atoms with Crippen LogP contribution in [0.3, 0.4) is 0 Å². The molecular weight excluding hydrogens is 198 g/mol. The summed E-state index contributed by atoms with van der Waals surface area (Å²) in [5.41, 5.74) is 0.669. The highest BCUT2D eigenvalue weighted by Crippen LogP contribution is 2.12. The molecule has 80 valence electrons. The maximum Gasteiger partial charge on any atom is 0.121 e. The molecule has 0 heterocycles. The molecule has 15 heavy (non-hydrogen) atoms. The highest BCUT2D eigenvalue weighted by Gasteiger charge is 1.89. The van der Waals surface area contributed by atoms with Gasteiger partial charge < -0.3 is 9.84 Å². The van der Waals surface area contributed by atoms with Gasteiger partial charge in [0.1, 0.15) is 18.6 Å². The van der Waals surface area contributed by atoms with Crippen molar-refractivity contribution in [2.45, 2.75) is 0 Å². The molecule has 0 unspecified atom stereocenters. The van der Waals surface area contributed by atoms with Crippen LogP contribution in [-0.4, -0.2) is 23.2 Å². The van der Waals surface area contributed by atoms with Crippen LogP contribution in [0.4, 0.5) is 0 Å². The molecule has 5 heteroatoms. The van der Waals surface area contributed by atoms with Crippen molar-refractivity contribution in [1.82, 2.24) is 0 Å². The predicted octanol–water partition coefficient (Wildman–Crippen LogP) is 1.11. The number of hydrogen-bond acceptors (Lipinski definition) is 4. The monoisotopic (exact) mass is 208 g/mol. The molecule has 0 bridgehead atoms. The molecule has 5 nitrogen and oxygen atoms in total. The maximum absolute atomic E-state index is 9.99. The molecule has 0 aliphatic carbocycles. The quantitative estimate of drug-likeness (QED) is 0.340. The van der Waals surface area contributed by atoms with Gasteiger partial charge >= 0.3 is 0 Å². The van der Waals surface area contributed by atoms with Crippen LogP contribution in [0.2, 0.25) is 0 Å². The summed E-state index contributed by atoms with van der Waals surface area (Å²) in [6.45, 7) is 0.187. The summed E-state index contributed by atoms with van der Waals surface area (Å²) in [4.78, 5) is 9.35. The zero-order valence-corrected chi connectivity index (χ0v) is 7.92. The maximum atomic E-state index is 9.99. The van der Waals surface area contributed by atoms with Crippen molar-refractivity contribution in [3.05, 3.63) is 46.1 Å². The Morgan fingerprint density at radius 2 is 2.13 bits per heavy atom. The molecular formula is C10H10NO4-. The smallest absolute Gasteiger partial charge is 0.121 e. The van der Waals surface area contributed by atoms with Gasteiger partial charge in [0.2, 0.25) is 0 Å². The molecule has 0 aliphatic heterocycles. The summed E-state index contributed by atoms with van der Waals surface area (Å²) < 4.78 is 5.12. The second-order valence-corrected chi connectivity index (χ2v) is 2.67. The molecule has 0 aromatic heterocycles. The molecule has 0 saturated carbocycles. The van der Waals surface area contributed by atoms with E-state index in [1.807, 2.05) is 6.20 Å². The highest BCUT2D eigenvalue weighted by molar-refractivity contribution is 5.47. The zero-order chi connectivity index (χ0) is 11.1. The van der Waals surface area contributed by atoms with Crippen molar-refractivity contribution >= 4 is 6.08 Å². The normalized spacial score (nSPS) is 10.5. The van der Waals surface area contributed by atoms with Gasteiger partial charge in [-0.3, -0.25) is 10.1 Å². The zero-order valence-electron chi connectivity index (χ0n) is 7.92. The molecule has 0 amide bonds. The van der Waals surface area contributed by atoms with E-state index in [-0.39, 0.29) is 13.2 Å². The fourth-order valence-corrected chi connectivity index (χ4v) is 0.951. The van der Waals surface area contributed by atoms with E-state index in [1.165, 1.54) is 6.08 Å². The Balaban J connectivity index is 2.60. The summed E-state index contributed by atoms with van der Waals surface area (Å²) >= 11 is 0. The lowest BCUT2D eigenvalue weighted by Gasteiger charge is -2.06. The second kappa shape index (κ2) is 5.77. The van der Waals surface area contributed by atoms with Crippen LogP contribution >= 0.6 is 0 Å². The molecule has 0 fully saturated rings. The third-order valence-electron chi connectivity index (χ3n) is 1.58. The summed E-state index contributed by atoms with van der Waals surface area (Å²) in [7, 11) is 0. The van der Waals surface area contributed by atoms with Crippen LogP contribution < -0.4 is 4.74 Å². The van der Waals surface area contributed by atoms with E-state index < -0.39 is 4.92 Å². The lowest BCUT2D eigenvalue weighted by Crippen LogP contribution is -2.01. The topological polar surface area (TPSA) is 72.6 Å². The van der Waals surface area contributed by atoms with Crippen LogP contribution in [0.1, 0.15) is 5.56 Å². The molecule has 0 atom stereocenters. The minimum absolute atomic E-state index is 0.0449. The first-order valence-corrected chi connectivity index (χ1v) is 4.30. The lowest BCUT2D eigenvalue weighted by molar-refractivity contribution is -0.417. The summed E-state index contributed by atoms with van der Waals surface area (Å²) in [5.74, 6) is 0.613. The van der Waals surface area contributed by atoms with Gasteiger partial charge in [-0.05, 0) is 17.1 Å². The largest absolute Gasteiger partial charge is 0.491 e. The Labute approximate surface area is 86.8 Å². The predicted molar refractivity (Wildman–Crippen MR) is 53.7 cm³/mol. The number of aliphatic hydroxyl groups is 1. The van der Waals surface area contributed by atoms with E-state index >= 15 is 0 Å². The number of nitrogens with zero attached hydrogens (tertiary/aromatic N) is 1. The molecule has 1 N–H and O–H groups in total. The van der Waals surface area contributed by atoms with Gasteiger partial charge in [0, 0.05) is 0 Å². The first-order chi connectivity index (χ1) is 7.22. The van der Waals surface area contributed by atoms with Crippen LogP contribution in [0, 0.1) is 16.3 Å². The van der Waals surface area contributed by atoms with Crippen molar-refractivity contribution in [1.29, 1.82) is 0 Å². The fourth-order valence-electron chi connectivity index (χ4n) is 0.951. The molecule has 0 saturated heterocycles. The second-order valence-electron chi connectivity index (χ2n) is 2.67. The van der Waals surface area contributed by atoms with E-state index in [2.05, 4.69) is 0 Å². The Morgan fingerprint density at radius 3 is 2.67 bits per heavy atom. The number of nitro groups is 1. The molecule has 0 aliphatic rings. The number of benzene rings is 1. The third kappa shape index (κ3) is 4.24. The summed E-state index contributed by atoms with van der Waals surface area (Å²) in [6, 6.07) is 6.68. The van der Waals surface area contributed by atoms with Crippen molar-refractivity contribution in [3.8, 4) is 5.75 Å². The standard InChI is InChI=1S/C10H10NO4/c12-7-8-15-10-3-1-9(2-4-10)5-6-11(13)14/h1-5,12H,7-8H2/q-1. The average molecular weight is 208 g/mol. The van der Waals surface area contributed by atoms with Crippen molar-refractivity contribution < 1.29 is 14.8 Å². The Bertz CT molecular complexity index is 345. The van der Waals surface area contributed by atoms with Crippen molar-refractivity contribution in [3.63, 3.8) is 0 Å². The number of rotatable bonds is 5. The van der Waals surface area contributed by atoms with Gasteiger partial charge in [-0.15, -0.1) is 12.1 Å². The average Bonchev–Trinajstić information content (AvgIpc) is 2.25. The first kappa shape index (κ1) is 11.2. The van der Waals surface area contributed by atoms with Gasteiger partial charge in [-0.1, -0.05) is 0 Å².